The van der Waals surface area contributed by atoms with Crippen LogP contribution in [0.2, 0.25) is 0 Å². The Balaban J connectivity index is 2.58. The second-order valence-electron chi connectivity index (χ2n) is 3.50. The second-order valence-corrected chi connectivity index (χ2v) is 3.50. The molecule has 1 atom stereocenters. The van der Waals surface area contributed by atoms with E-state index in [-0.39, 0.29) is 12.5 Å². The van der Waals surface area contributed by atoms with Crippen LogP contribution in [-0.2, 0) is 16.0 Å². The molecule has 0 bridgehead atoms. The number of nitrogens with zero attached hydrogens (tertiary/aromatic N) is 1. The number of aromatic nitrogens is 1. The van der Waals surface area contributed by atoms with Gasteiger partial charge >= 0.3 is 5.97 Å². The molecular weight excluding hydrogens is 208 g/mol. The van der Waals surface area contributed by atoms with Crippen molar-refractivity contribution < 1.29 is 14.7 Å². The first-order chi connectivity index (χ1) is 7.59. The number of aliphatic carboxylic acids is 1. The molecule has 1 heterocycles. The first-order valence-electron chi connectivity index (χ1n) is 4.96. The lowest BCUT2D eigenvalue weighted by atomic mass is 10.0. The Kier molecular flexibility index (Phi) is 4.44. The molecule has 0 aliphatic heterocycles. The molecule has 1 aromatic heterocycles. The zero-order chi connectivity index (χ0) is 12.0. The second kappa shape index (κ2) is 5.85. The third-order valence-electron chi connectivity index (χ3n) is 2.13. The monoisotopic (exact) mass is 222 g/mol. The fraction of sp³-hybridized carbons (Fsp3) is 0.364. The molecule has 0 aromatic carbocycles. The summed E-state index contributed by atoms with van der Waals surface area (Å²) >= 11 is 0. The molecule has 1 amide bonds. The minimum Gasteiger partial charge on any atom is -0.481 e. The van der Waals surface area contributed by atoms with Crippen LogP contribution in [0.4, 0.5) is 0 Å². The fourth-order valence-corrected chi connectivity index (χ4v) is 1.29. The molecule has 5 heteroatoms. The summed E-state index contributed by atoms with van der Waals surface area (Å²) in [6, 6.07) is 5.34. The van der Waals surface area contributed by atoms with Crippen molar-refractivity contribution >= 4 is 11.9 Å². The number of nitrogens with one attached hydrogen (secondary N) is 1. The predicted molar refractivity (Wildman–Crippen MR) is 57.8 cm³/mol. The van der Waals surface area contributed by atoms with Gasteiger partial charge in [-0.1, -0.05) is 6.07 Å². The van der Waals surface area contributed by atoms with E-state index in [2.05, 4.69) is 10.3 Å². The third-order valence-corrected chi connectivity index (χ3v) is 2.13. The lowest BCUT2D eigenvalue weighted by Crippen LogP contribution is -2.32. The molecule has 2 N–H and O–H groups in total. The SMILES string of the molecule is CC(=O)NCC(Cc1ccccn1)C(=O)O. The van der Waals surface area contributed by atoms with Gasteiger partial charge in [-0.2, -0.15) is 0 Å². The van der Waals surface area contributed by atoms with Crippen LogP contribution in [-0.4, -0.2) is 28.5 Å². The summed E-state index contributed by atoms with van der Waals surface area (Å²) in [6.07, 6.45) is 1.93. The van der Waals surface area contributed by atoms with Gasteiger partial charge in [0.05, 0.1) is 5.92 Å². The molecule has 0 fully saturated rings. The topological polar surface area (TPSA) is 79.3 Å². The van der Waals surface area contributed by atoms with E-state index >= 15 is 0 Å². The lowest BCUT2D eigenvalue weighted by molar-refractivity contribution is -0.141. The minimum absolute atomic E-state index is 0.126. The Morgan fingerprint density at radius 2 is 2.25 bits per heavy atom. The summed E-state index contributed by atoms with van der Waals surface area (Å²) in [5.41, 5.74) is 0.709. The number of rotatable bonds is 5. The van der Waals surface area contributed by atoms with Crippen molar-refractivity contribution in [1.29, 1.82) is 0 Å². The van der Waals surface area contributed by atoms with Crippen LogP contribution in [0.3, 0.4) is 0 Å². The Bertz CT molecular complexity index is 365. The average Bonchev–Trinajstić information content (AvgIpc) is 2.25. The van der Waals surface area contributed by atoms with Crippen LogP contribution in [0.25, 0.3) is 0 Å². The van der Waals surface area contributed by atoms with Crippen LogP contribution in [0.1, 0.15) is 12.6 Å². The van der Waals surface area contributed by atoms with Gasteiger partial charge in [-0.25, -0.2) is 0 Å². The van der Waals surface area contributed by atoms with Crippen molar-refractivity contribution in [3.8, 4) is 0 Å². The standard InChI is InChI=1S/C11H14N2O3/c1-8(14)13-7-9(11(15)16)6-10-4-2-3-5-12-10/h2-5,9H,6-7H2,1H3,(H,13,14)(H,15,16). The highest BCUT2D eigenvalue weighted by Crippen LogP contribution is 2.05. The van der Waals surface area contributed by atoms with Gasteiger partial charge in [-0.15, -0.1) is 0 Å². The van der Waals surface area contributed by atoms with E-state index in [1.165, 1.54) is 6.92 Å². The molecule has 0 spiro atoms. The Morgan fingerprint density at radius 1 is 1.50 bits per heavy atom. The molecule has 0 saturated carbocycles. The maximum absolute atomic E-state index is 10.9. The maximum atomic E-state index is 10.9. The Labute approximate surface area is 93.5 Å². The van der Waals surface area contributed by atoms with Gasteiger partial charge in [0, 0.05) is 31.8 Å². The van der Waals surface area contributed by atoms with E-state index in [4.69, 9.17) is 5.11 Å². The van der Waals surface area contributed by atoms with Crippen molar-refractivity contribution in [2.24, 2.45) is 5.92 Å². The van der Waals surface area contributed by atoms with E-state index in [0.29, 0.717) is 12.1 Å². The van der Waals surface area contributed by atoms with Gasteiger partial charge in [-0.3, -0.25) is 14.6 Å². The fourth-order valence-electron chi connectivity index (χ4n) is 1.29. The number of carboxylic acids is 1. The number of carbonyl (C=O) groups excluding carboxylic acids is 1. The molecule has 0 radical (unpaired) electrons. The van der Waals surface area contributed by atoms with E-state index in [1.54, 1.807) is 24.4 Å². The molecular formula is C11H14N2O3. The summed E-state index contributed by atoms with van der Waals surface area (Å²) in [5, 5.41) is 11.5. The molecule has 5 nitrogen and oxygen atoms in total. The number of carbonyl (C=O) groups is 2. The van der Waals surface area contributed by atoms with Crippen molar-refractivity contribution in [2.75, 3.05) is 6.54 Å². The van der Waals surface area contributed by atoms with Crippen LogP contribution in [0.15, 0.2) is 24.4 Å². The average molecular weight is 222 g/mol. The summed E-state index contributed by atoms with van der Waals surface area (Å²) in [5.74, 6) is -1.80. The predicted octanol–water partition coefficient (Wildman–Crippen LogP) is 0.461. The number of hydrogen-bond acceptors (Lipinski definition) is 3. The van der Waals surface area contributed by atoms with Gasteiger partial charge in [0.15, 0.2) is 0 Å². The van der Waals surface area contributed by atoms with E-state index in [1.807, 2.05) is 0 Å². The largest absolute Gasteiger partial charge is 0.481 e. The highest BCUT2D eigenvalue weighted by Gasteiger charge is 2.18. The first kappa shape index (κ1) is 12.2. The van der Waals surface area contributed by atoms with E-state index in [0.717, 1.165) is 0 Å². The van der Waals surface area contributed by atoms with Crippen molar-refractivity contribution in [3.63, 3.8) is 0 Å². The smallest absolute Gasteiger partial charge is 0.308 e. The number of pyridine rings is 1. The molecule has 0 aliphatic carbocycles. The summed E-state index contributed by atoms with van der Waals surface area (Å²) in [4.78, 5) is 25.7. The van der Waals surface area contributed by atoms with E-state index < -0.39 is 11.9 Å². The maximum Gasteiger partial charge on any atom is 0.308 e. The van der Waals surface area contributed by atoms with Crippen molar-refractivity contribution in [2.45, 2.75) is 13.3 Å². The lowest BCUT2D eigenvalue weighted by Gasteiger charge is -2.11. The normalized spacial score (nSPS) is 11.8. The van der Waals surface area contributed by atoms with Crippen molar-refractivity contribution in [3.05, 3.63) is 30.1 Å². The molecule has 1 unspecified atom stereocenters. The number of hydrogen-bond donors (Lipinski definition) is 2. The molecule has 1 aromatic rings. The summed E-state index contributed by atoms with van der Waals surface area (Å²) < 4.78 is 0. The van der Waals surface area contributed by atoms with E-state index in [9.17, 15) is 9.59 Å². The Morgan fingerprint density at radius 3 is 2.75 bits per heavy atom. The van der Waals surface area contributed by atoms with Gasteiger partial charge in [0.25, 0.3) is 0 Å². The molecule has 0 aliphatic rings. The van der Waals surface area contributed by atoms with Crippen molar-refractivity contribution in [1.82, 2.24) is 10.3 Å². The summed E-state index contributed by atoms with van der Waals surface area (Å²) in [6.45, 7) is 1.49. The molecule has 0 saturated heterocycles. The van der Waals surface area contributed by atoms with Crippen LogP contribution in [0, 0.1) is 5.92 Å². The zero-order valence-corrected chi connectivity index (χ0v) is 9.01. The van der Waals surface area contributed by atoms with Crippen LogP contribution in [0.5, 0.6) is 0 Å². The van der Waals surface area contributed by atoms with Gasteiger partial charge < -0.3 is 10.4 Å². The minimum atomic E-state index is -0.931. The first-order valence-corrected chi connectivity index (χ1v) is 4.96. The van der Waals surface area contributed by atoms with Gasteiger partial charge in [0.1, 0.15) is 0 Å². The molecule has 16 heavy (non-hydrogen) atoms. The highest BCUT2D eigenvalue weighted by atomic mass is 16.4. The molecule has 86 valence electrons. The number of carboxylic acid groups (broad SMARTS) is 1. The van der Waals surface area contributed by atoms with Gasteiger partial charge in [-0.05, 0) is 12.1 Å². The van der Waals surface area contributed by atoms with Crippen LogP contribution >= 0.6 is 0 Å². The molecule has 1 rings (SSSR count). The van der Waals surface area contributed by atoms with Crippen LogP contribution < -0.4 is 5.32 Å². The summed E-state index contributed by atoms with van der Waals surface area (Å²) in [7, 11) is 0. The quantitative estimate of drug-likeness (QED) is 0.758. The third kappa shape index (κ3) is 4.08. The van der Waals surface area contributed by atoms with Gasteiger partial charge in [0.2, 0.25) is 5.91 Å². The Hall–Kier alpha value is -1.91. The highest BCUT2D eigenvalue weighted by molar-refractivity contribution is 5.75. The number of amides is 1. The zero-order valence-electron chi connectivity index (χ0n) is 9.01.